The molecule has 3 nitrogen and oxygen atoms in total. The molecule has 0 aromatic carbocycles. The molecule has 28 heavy (non-hydrogen) atoms. The minimum Gasteiger partial charge on any atom is -0.359 e. The van der Waals surface area contributed by atoms with Crippen molar-refractivity contribution in [3.05, 3.63) is 23.3 Å². The zero-order valence-electron chi connectivity index (χ0n) is 18.2. The number of allylic oxidation sites excluding steroid dienone is 3. The van der Waals surface area contributed by atoms with Crippen LogP contribution >= 0.6 is 0 Å². The van der Waals surface area contributed by atoms with Crippen LogP contribution in [0.3, 0.4) is 0 Å². The molecule has 7 atom stereocenters. The Bertz CT molecular complexity index is 704. The molecule has 3 fully saturated rings. The summed E-state index contributed by atoms with van der Waals surface area (Å²) in [7, 11) is 1.70. The molecule has 3 heteroatoms. The Kier molecular flexibility index (Phi) is 5.49. The maximum atomic E-state index is 9.22. The van der Waals surface area contributed by atoms with Crippen molar-refractivity contribution in [2.75, 3.05) is 13.9 Å². The van der Waals surface area contributed by atoms with E-state index in [1.54, 1.807) is 18.3 Å². The maximum absolute atomic E-state index is 9.22. The number of nitriles is 1. The van der Waals surface area contributed by atoms with Crippen LogP contribution < -0.4 is 0 Å². The van der Waals surface area contributed by atoms with Crippen molar-refractivity contribution < 1.29 is 9.47 Å². The van der Waals surface area contributed by atoms with Gasteiger partial charge in [-0.25, -0.2) is 0 Å². The van der Waals surface area contributed by atoms with Gasteiger partial charge in [-0.2, -0.15) is 5.26 Å². The second kappa shape index (κ2) is 7.62. The lowest BCUT2D eigenvalue weighted by molar-refractivity contribution is -0.0865. The summed E-state index contributed by atoms with van der Waals surface area (Å²) in [4.78, 5) is 0. The van der Waals surface area contributed by atoms with Gasteiger partial charge < -0.3 is 9.47 Å². The maximum Gasteiger partial charge on any atom is 0.146 e. The molecule has 0 heterocycles. The van der Waals surface area contributed by atoms with E-state index >= 15 is 0 Å². The van der Waals surface area contributed by atoms with Gasteiger partial charge in [0.2, 0.25) is 0 Å². The highest BCUT2D eigenvalue weighted by Crippen LogP contribution is 2.66. The van der Waals surface area contributed by atoms with E-state index in [1.807, 2.05) is 0 Å². The summed E-state index contributed by atoms with van der Waals surface area (Å²) < 4.78 is 11.0. The first kappa shape index (κ1) is 20.2. The molecule has 4 aliphatic rings. The van der Waals surface area contributed by atoms with Crippen LogP contribution in [0.25, 0.3) is 0 Å². The summed E-state index contributed by atoms with van der Waals surface area (Å²) in [5.74, 6) is 2.65. The van der Waals surface area contributed by atoms with Crippen LogP contribution in [0.4, 0.5) is 0 Å². The lowest BCUT2D eigenvalue weighted by Gasteiger charge is -2.55. The van der Waals surface area contributed by atoms with Gasteiger partial charge >= 0.3 is 0 Å². The van der Waals surface area contributed by atoms with Crippen molar-refractivity contribution in [3.63, 3.8) is 0 Å². The average molecular weight is 384 g/mol. The monoisotopic (exact) mass is 383 g/mol. The molecule has 0 amide bonds. The third-order valence-corrected chi connectivity index (χ3v) is 9.12. The minimum absolute atomic E-state index is 0.311. The van der Waals surface area contributed by atoms with E-state index in [-0.39, 0.29) is 0 Å². The lowest BCUT2D eigenvalue weighted by atomic mass is 9.50. The highest BCUT2D eigenvalue weighted by Gasteiger charge is 2.56. The molecule has 0 aromatic heterocycles. The molecule has 154 valence electrons. The lowest BCUT2D eigenvalue weighted by Crippen LogP contribution is -2.46. The molecule has 0 saturated heterocycles. The molecule has 0 radical (unpaired) electrons. The summed E-state index contributed by atoms with van der Waals surface area (Å²) in [5.41, 5.74) is 4.04. The largest absolute Gasteiger partial charge is 0.359 e. The molecule has 0 aromatic rings. The molecule has 3 saturated carbocycles. The predicted octanol–water partition coefficient (Wildman–Crippen LogP) is 6.02. The Hall–Kier alpha value is -1.11. The van der Waals surface area contributed by atoms with E-state index in [1.165, 1.54) is 32.1 Å². The van der Waals surface area contributed by atoms with E-state index in [9.17, 15) is 5.26 Å². The smallest absolute Gasteiger partial charge is 0.146 e. The van der Waals surface area contributed by atoms with Gasteiger partial charge in [0.05, 0.1) is 12.2 Å². The van der Waals surface area contributed by atoms with Crippen LogP contribution in [0.5, 0.6) is 0 Å². The van der Waals surface area contributed by atoms with Crippen molar-refractivity contribution in [1.29, 1.82) is 5.26 Å². The van der Waals surface area contributed by atoms with Gasteiger partial charge in [0.15, 0.2) is 0 Å². The fraction of sp³-hybridized carbons (Fsp3) is 0.800. The highest BCUT2D eigenvalue weighted by molar-refractivity contribution is 5.38. The third-order valence-electron chi connectivity index (χ3n) is 9.12. The van der Waals surface area contributed by atoms with E-state index in [2.05, 4.69) is 39.0 Å². The zero-order chi connectivity index (χ0) is 19.9. The number of ether oxygens (including phenoxy) is 2. The molecule has 1 unspecified atom stereocenters. The summed E-state index contributed by atoms with van der Waals surface area (Å²) in [6.07, 6.45) is 14.7. The standard InChI is InChI=1S/C25H37NO2/c1-17(11-14-26)21-7-8-22-20-6-5-18-15-19(28-16-27-4)9-12-24(18,2)23(20)10-13-25(21,22)3/h5-6,17,19,21-23H,7-13,15-16H2,1-4H3/t17?,19-,21+,22-,23-,24-,25+/m0/s1. The SMILES string of the molecule is COCO[C@H]1CC[C@@]2(C)C(=CC=C3[C@@H]4CC[C@H](C(C)CC#N)[C@@]4(C)CC[C@@H]32)C1. The number of nitrogens with zero attached hydrogens (tertiary/aromatic N) is 1. The number of fused-ring (bicyclic) bond motifs is 5. The van der Waals surface area contributed by atoms with Gasteiger partial charge in [-0.3, -0.25) is 0 Å². The summed E-state index contributed by atoms with van der Waals surface area (Å²) >= 11 is 0. The quantitative estimate of drug-likeness (QED) is 0.545. The Morgan fingerprint density at radius 1 is 1.14 bits per heavy atom. The molecule has 4 rings (SSSR count). The van der Waals surface area contributed by atoms with Crippen LogP contribution in [0.15, 0.2) is 23.3 Å². The number of methoxy groups -OCH3 is 1. The van der Waals surface area contributed by atoms with E-state index in [0.29, 0.717) is 47.9 Å². The predicted molar refractivity (Wildman–Crippen MR) is 111 cm³/mol. The Morgan fingerprint density at radius 2 is 1.96 bits per heavy atom. The first-order valence-corrected chi connectivity index (χ1v) is 11.3. The minimum atomic E-state index is 0.311. The second-order valence-corrected chi connectivity index (χ2v) is 10.4. The Labute approximate surface area is 171 Å². The van der Waals surface area contributed by atoms with Gasteiger partial charge in [0.1, 0.15) is 6.79 Å². The fourth-order valence-electron chi connectivity index (χ4n) is 7.54. The molecule has 0 spiro atoms. The van der Waals surface area contributed by atoms with Gasteiger partial charge in [-0.1, -0.05) is 44.1 Å². The summed E-state index contributed by atoms with van der Waals surface area (Å²) in [6, 6.07) is 2.43. The van der Waals surface area contributed by atoms with Crippen LogP contribution in [0.1, 0.15) is 72.1 Å². The van der Waals surface area contributed by atoms with Crippen molar-refractivity contribution in [2.45, 2.75) is 78.2 Å². The number of hydrogen-bond donors (Lipinski definition) is 0. The fourth-order valence-corrected chi connectivity index (χ4v) is 7.54. The highest BCUT2D eigenvalue weighted by atomic mass is 16.7. The summed E-state index contributed by atoms with van der Waals surface area (Å²) in [6.45, 7) is 7.78. The molecule has 0 N–H and O–H groups in total. The molecule has 4 aliphatic carbocycles. The van der Waals surface area contributed by atoms with E-state index < -0.39 is 0 Å². The Balaban J connectivity index is 1.58. The Morgan fingerprint density at radius 3 is 2.71 bits per heavy atom. The van der Waals surface area contributed by atoms with E-state index in [0.717, 1.165) is 18.8 Å². The zero-order valence-corrected chi connectivity index (χ0v) is 18.2. The van der Waals surface area contributed by atoms with Crippen molar-refractivity contribution >= 4 is 0 Å². The summed E-state index contributed by atoms with van der Waals surface area (Å²) in [5, 5.41) is 9.22. The van der Waals surface area contributed by atoms with Gasteiger partial charge in [-0.05, 0) is 79.4 Å². The number of rotatable bonds is 5. The van der Waals surface area contributed by atoms with Crippen LogP contribution in [0, 0.1) is 45.8 Å². The second-order valence-electron chi connectivity index (χ2n) is 10.4. The first-order valence-electron chi connectivity index (χ1n) is 11.3. The third kappa shape index (κ3) is 3.08. The van der Waals surface area contributed by atoms with Crippen molar-refractivity contribution in [3.8, 4) is 6.07 Å². The van der Waals surface area contributed by atoms with E-state index in [4.69, 9.17) is 9.47 Å². The van der Waals surface area contributed by atoms with Crippen LogP contribution in [-0.2, 0) is 9.47 Å². The first-order chi connectivity index (χ1) is 13.4. The van der Waals surface area contributed by atoms with Crippen LogP contribution in [0.2, 0.25) is 0 Å². The average Bonchev–Trinajstić information content (AvgIpc) is 3.03. The van der Waals surface area contributed by atoms with Crippen LogP contribution in [-0.4, -0.2) is 20.0 Å². The normalized spacial score (nSPS) is 43.1. The van der Waals surface area contributed by atoms with Gasteiger partial charge in [-0.15, -0.1) is 0 Å². The number of hydrogen-bond acceptors (Lipinski definition) is 3. The molecule has 0 aliphatic heterocycles. The van der Waals surface area contributed by atoms with Gasteiger partial charge in [0, 0.05) is 13.5 Å². The topological polar surface area (TPSA) is 42.2 Å². The van der Waals surface area contributed by atoms with Crippen molar-refractivity contribution in [1.82, 2.24) is 0 Å². The van der Waals surface area contributed by atoms with Crippen molar-refractivity contribution in [2.24, 2.45) is 34.5 Å². The van der Waals surface area contributed by atoms with Gasteiger partial charge in [0.25, 0.3) is 0 Å². The molecular formula is C25H37NO2. The molecule has 0 bridgehead atoms. The molecular weight excluding hydrogens is 346 g/mol.